The summed E-state index contributed by atoms with van der Waals surface area (Å²) in [6.45, 7) is 4.77. The quantitative estimate of drug-likeness (QED) is 0.663. The monoisotopic (exact) mass is 421 g/mol. The second-order valence-corrected chi connectivity index (χ2v) is 8.60. The van der Waals surface area contributed by atoms with Crippen molar-refractivity contribution < 1.29 is 4.79 Å². The van der Waals surface area contributed by atoms with E-state index in [2.05, 4.69) is 10.6 Å². The molecule has 1 amide bonds. The molecule has 1 aromatic carbocycles. The second kappa shape index (κ2) is 9.06. The maximum Gasteiger partial charge on any atom is 0.253 e. The lowest BCUT2D eigenvalue weighted by molar-refractivity contribution is -0.133. The fourth-order valence-electron chi connectivity index (χ4n) is 4.59. The minimum absolute atomic E-state index is 0.00493. The van der Waals surface area contributed by atoms with Crippen LogP contribution in [0.25, 0.3) is 22.4 Å². The van der Waals surface area contributed by atoms with Gasteiger partial charge in [-0.25, -0.2) is 4.98 Å². The lowest BCUT2D eigenvalue weighted by Crippen LogP contribution is -2.41. The normalized spacial score (nSPS) is 16.7. The Bertz CT molecular complexity index is 1120. The van der Waals surface area contributed by atoms with Crippen LogP contribution in [0.4, 0.5) is 0 Å². The molecule has 0 aliphatic carbocycles. The number of benzene rings is 1. The largest absolute Gasteiger partial charge is 0.342 e. The van der Waals surface area contributed by atoms with E-state index >= 15 is 0 Å². The highest BCUT2D eigenvalue weighted by molar-refractivity contribution is 5.80. The van der Waals surface area contributed by atoms with Gasteiger partial charge in [0.25, 0.3) is 5.56 Å². The standard InChI is InChI=1S/C24H31N5O2/c1-17-13-19(16-27(2)24(17)31)23-26-20-8-3-4-9-21(20)29(23)15-18-7-6-12-28(14-18)22(30)10-5-11-25/h3-4,8-9,13,16,18H,5-7,10-12,14-15,25H2,1-2H3/t18-/m1/s1. The highest BCUT2D eigenvalue weighted by atomic mass is 16.2. The zero-order valence-electron chi connectivity index (χ0n) is 18.4. The molecule has 0 bridgehead atoms. The lowest BCUT2D eigenvalue weighted by Gasteiger charge is -2.33. The Morgan fingerprint density at radius 1 is 1.29 bits per heavy atom. The highest BCUT2D eigenvalue weighted by Crippen LogP contribution is 2.28. The molecule has 164 valence electrons. The number of fused-ring (bicyclic) bond motifs is 1. The molecule has 0 saturated carbocycles. The van der Waals surface area contributed by atoms with Crippen LogP contribution in [0.15, 0.2) is 41.3 Å². The van der Waals surface area contributed by atoms with Crippen LogP contribution in [0.5, 0.6) is 0 Å². The predicted molar refractivity (Wildman–Crippen MR) is 123 cm³/mol. The zero-order chi connectivity index (χ0) is 22.0. The molecule has 1 saturated heterocycles. The Labute approximate surface area is 182 Å². The van der Waals surface area contributed by atoms with Crippen molar-refractivity contribution in [2.75, 3.05) is 19.6 Å². The van der Waals surface area contributed by atoms with Crippen molar-refractivity contribution in [1.82, 2.24) is 19.0 Å². The van der Waals surface area contributed by atoms with Gasteiger partial charge in [-0.15, -0.1) is 0 Å². The molecule has 0 spiro atoms. The van der Waals surface area contributed by atoms with Gasteiger partial charge < -0.3 is 19.8 Å². The first-order valence-electron chi connectivity index (χ1n) is 11.1. The molecular weight excluding hydrogens is 390 g/mol. The molecule has 1 atom stereocenters. The van der Waals surface area contributed by atoms with Gasteiger partial charge in [-0.3, -0.25) is 9.59 Å². The minimum Gasteiger partial charge on any atom is -0.342 e. The number of hydrogen-bond acceptors (Lipinski definition) is 4. The van der Waals surface area contributed by atoms with Gasteiger partial charge >= 0.3 is 0 Å². The number of hydrogen-bond donors (Lipinski definition) is 1. The van der Waals surface area contributed by atoms with E-state index in [-0.39, 0.29) is 11.5 Å². The van der Waals surface area contributed by atoms with Crippen LogP contribution in [-0.2, 0) is 18.4 Å². The van der Waals surface area contributed by atoms with Crippen molar-refractivity contribution in [3.05, 3.63) is 52.4 Å². The number of piperidine rings is 1. The van der Waals surface area contributed by atoms with Crippen LogP contribution in [-0.4, -0.2) is 44.6 Å². The molecule has 1 fully saturated rings. The molecule has 0 radical (unpaired) electrons. The van der Waals surface area contributed by atoms with Crippen molar-refractivity contribution >= 4 is 16.9 Å². The molecule has 1 aliphatic heterocycles. The average Bonchev–Trinajstić information content (AvgIpc) is 3.14. The number of likely N-dealkylation sites (tertiary alicyclic amines) is 1. The average molecular weight is 422 g/mol. The topological polar surface area (TPSA) is 86.2 Å². The van der Waals surface area contributed by atoms with Gasteiger partial charge in [0.05, 0.1) is 11.0 Å². The third-order valence-electron chi connectivity index (χ3n) is 6.18. The number of nitrogens with zero attached hydrogens (tertiary/aromatic N) is 4. The fraction of sp³-hybridized carbons (Fsp3) is 0.458. The van der Waals surface area contributed by atoms with Crippen LogP contribution in [0.3, 0.4) is 0 Å². The molecule has 0 unspecified atom stereocenters. The van der Waals surface area contributed by atoms with E-state index in [4.69, 9.17) is 10.7 Å². The lowest BCUT2D eigenvalue weighted by atomic mass is 9.97. The van der Waals surface area contributed by atoms with E-state index in [0.29, 0.717) is 24.4 Å². The molecule has 2 N–H and O–H groups in total. The van der Waals surface area contributed by atoms with E-state index in [9.17, 15) is 9.59 Å². The van der Waals surface area contributed by atoms with Crippen molar-refractivity contribution in [2.45, 2.75) is 39.2 Å². The Morgan fingerprint density at radius 3 is 2.87 bits per heavy atom. The summed E-state index contributed by atoms with van der Waals surface area (Å²) < 4.78 is 3.87. The van der Waals surface area contributed by atoms with Gasteiger partial charge in [0.2, 0.25) is 5.91 Å². The van der Waals surface area contributed by atoms with Gasteiger partial charge in [-0.1, -0.05) is 12.1 Å². The molecule has 4 rings (SSSR count). The third-order valence-corrected chi connectivity index (χ3v) is 6.18. The van der Waals surface area contributed by atoms with E-state index in [1.165, 1.54) is 0 Å². The van der Waals surface area contributed by atoms with E-state index in [0.717, 1.165) is 61.3 Å². The van der Waals surface area contributed by atoms with Crippen molar-refractivity contribution in [1.29, 1.82) is 0 Å². The van der Waals surface area contributed by atoms with Gasteiger partial charge in [0, 0.05) is 50.4 Å². The highest BCUT2D eigenvalue weighted by Gasteiger charge is 2.25. The number of amides is 1. The second-order valence-electron chi connectivity index (χ2n) is 8.60. The minimum atomic E-state index is 0.00493. The number of nitrogens with two attached hydrogens (primary N) is 1. The number of pyridine rings is 1. The van der Waals surface area contributed by atoms with E-state index < -0.39 is 0 Å². The number of aryl methyl sites for hydroxylation is 2. The molecule has 31 heavy (non-hydrogen) atoms. The van der Waals surface area contributed by atoms with Gasteiger partial charge in [0.1, 0.15) is 5.82 Å². The predicted octanol–water partition coefficient (Wildman–Crippen LogP) is 2.69. The summed E-state index contributed by atoms with van der Waals surface area (Å²) in [6.07, 6.45) is 5.22. The summed E-state index contributed by atoms with van der Waals surface area (Å²) in [4.78, 5) is 31.6. The third kappa shape index (κ3) is 4.42. The molecule has 7 heteroatoms. The Morgan fingerprint density at radius 2 is 2.10 bits per heavy atom. The molecule has 7 nitrogen and oxygen atoms in total. The molecule has 1 aliphatic rings. The number of para-hydroxylation sites is 2. The van der Waals surface area contributed by atoms with E-state index in [1.54, 1.807) is 11.6 Å². The van der Waals surface area contributed by atoms with Crippen LogP contribution < -0.4 is 11.3 Å². The maximum absolute atomic E-state index is 12.5. The summed E-state index contributed by atoms with van der Waals surface area (Å²) in [7, 11) is 1.78. The first kappa shape index (κ1) is 21.3. The number of rotatable bonds is 6. The Kier molecular flexibility index (Phi) is 6.23. The summed E-state index contributed by atoms with van der Waals surface area (Å²) in [5, 5.41) is 0. The Balaban J connectivity index is 1.67. The number of imidazole rings is 1. The first-order chi connectivity index (χ1) is 15.0. The number of aromatic nitrogens is 3. The summed E-state index contributed by atoms with van der Waals surface area (Å²) in [5.74, 6) is 1.44. The number of carbonyl (C=O) groups excluding carboxylic acids is 1. The van der Waals surface area contributed by atoms with E-state index in [1.807, 2.05) is 42.3 Å². The maximum atomic E-state index is 12.5. The molecule has 3 heterocycles. The van der Waals surface area contributed by atoms with Crippen molar-refractivity contribution in [3.8, 4) is 11.4 Å². The van der Waals surface area contributed by atoms with Gasteiger partial charge in [0.15, 0.2) is 0 Å². The molecule has 2 aromatic heterocycles. The van der Waals surface area contributed by atoms with Crippen molar-refractivity contribution in [2.24, 2.45) is 18.7 Å². The first-order valence-corrected chi connectivity index (χ1v) is 11.1. The smallest absolute Gasteiger partial charge is 0.253 e. The molecular formula is C24H31N5O2. The van der Waals surface area contributed by atoms with Crippen molar-refractivity contribution in [3.63, 3.8) is 0 Å². The van der Waals surface area contributed by atoms with Crippen LogP contribution in [0.2, 0.25) is 0 Å². The van der Waals surface area contributed by atoms with Crippen LogP contribution in [0, 0.1) is 12.8 Å². The zero-order valence-corrected chi connectivity index (χ0v) is 18.4. The Hall–Kier alpha value is -2.93. The summed E-state index contributed by atoms with van der Waals surface area (Å²) in [6, 6.07) is 10.1. The van der Waals surface area contributed by atoms with Crippen LogP contribution in [0.1, 0.15) is 31.2 Å². The summed E-state index contributed by atoms with van der Waals surface area (Å²) >= 11 is 0. The summed E-state index contributed by atoms with van der Waals surface area (Å²) in [5.41, 5.74) is 9.24. The molecule has 3 aromatic rings. The van der Waals surface area contributed by atoms with Gasteiger partial charge in [-0.05, 0) is 56.8 Å². The van der Waals surface area contributed by atoms with Crippen LogP contribution >= 0.6 is 0 Å². The number of carbonyl (C=O) groups is 1. The fourth-order valence-corrected chi connectivity index (χ4v) is 4.59. The SMILES string of the molecule is Cc1cc(-c2nc3ccccc3n2C[C@@H]2CCCN(C(=O)CCCN)C2)cn(C)c1=O. The van der Waals surface area contributed by atoms with Gasteiger partial charge in [-0.2, -0.15) is 0 Å².